The SMILES string of the molecule is CCCC.CCCCC.CCCc1nc(CC)c(C(=O)CCC2CCCCN2C(=O)c2ccccc2)n1Cc1ccc(-c2ccccc2S(N)(=O)=O)cc1F. The molecule has 0 saturated carbocycles. The molecule has 4 aromatic rings. The molecule has 55 heavy (non-hydrogen) atoms. The highest BCUT2D eigenvalue weighted by Gasteiger charge is 2.29. The minimum Gasteiger partial charge on any atom is -0.336 e. The van der Waals surface area contributed by atoms with Gasteiger partial charge in [-0.1, -0.05) is 122 Å². The number of ketones is 1. The number of carbonyl (C=O) groups excluding carboxylic acids is 2. The lowest BCUT2D eigenvalue weighted by molar-refractivity contribution is 0.0590. The number of aromatic nitrogens is 2. The number of piperidine rings is 1. The molecule has 1 aromatic heterocycles. The Hall–Kier alpha value is -4.15. The molecule has 1 saturated heterocycles. The monoisotopic (exact) mass is 774 g/mol. The molecule has 300 valence electrons. The first-order valence-electron chi connectivity index (χ1n) is 20.3. The first kappa shape index (κ1) is 45.2. The van der Waals surface area contributed by atoms with Gasteiger partial charge in [-0.05, 0) is 68.4 Å². The molecule has 1 fully saturated rings. The van der Waals surface area contributed by atoms with Crippen LogP contribution >= 0.6 is 0 Å². The van der Waals surface area contributed by atoms with Crippen molar-refractivity contribution < 1.29 is 22.4 Å². The number of Topliss-reactive ketones (excluding diaryl/α,β-unsaturated/α-hetero) is 1. The van der Waals surface area contributed by atoms with E-state index in [2.05, 4.69) is 27.7 Å². The highest BCUT2D eigenvalue weighted by molar-refractivity contribution is 7.89. The smallest absolute Gasteiger partial charge is 0.254 e. The van der Waals surface area contributed by atoms with Crippen molar-refractivity contribution in [2.45, 2.75) is 142 Å². The minimum absolute atomic E-state index is 0.00659. The number of nitrogens with two attached hydrogens (primary N) is 1. The fourth-order valence-corrected chi connectivity index (χ4v) is 7.51. The number of likely N-dealkylation sites (tertiary alicyclic amines) is 1. The number of sulfonamides is 1. The van der Waals surface area contributed by atoms with Crippen LogP contribution in [-0.2, 0) is 29.4 Å². The van der Waals surface area contributed by atoms with Crippen molar-refractivity contribution in [2.75, 3.05) is 6.54 Å². The van der Waals surface area contributed by atoms with Crippen molar-refractivity contribution >= 4 is 21.7 Å². The number of rotatable bonds is 15. The van der Waals surface area contributed by atoms with Gasteiger partial charge in [-0.2, -0.15) is 0 Å². The number of amides is 1. The van der Waals surface area contributed by atoms with Crippen molar-refractivity contribution in [3.05, 3.63) is 107 Å². The van der Waals surface area contributed by atoms with Gasteiger partial charge in [-0.25, -0.2) is 22.9 Å². The Balaban J connectivity index is 0.000000811. The van der Waals surface area contributed by atoms with Crippen LogP contribution in [0.15, 0.2) is 77.7 Å². The Morgan fingerprint density at radius 3 is 2.11 bits per heavy atom. The average Bonchev–Trinajstić information content (AvgIpc) is 3.54. The van der Waals surface area contributed by atoms with Gasteiger partial charge in [0.1, 0.15) is 17.3 Å². The number of halogens is 1. The van der Waals surface area contributed by atoms with E-state index < -0.39 is 15.8 Å². The van der Waals surface area contributed by atoms with Crippen molar-refractivity contribution in [3.63, 3.8) is 0 Å². The van der Waals surface area contributed by atoms with Crippen LogP contribution in [0.4, 0.5) is 4.39 Å². The third kappa shape index (κ3) is 13.0. The summed E-state index contributed by atoms with van der Waals surface area (Å²) in [7, 11) is -4.01. The molecule has 8 nitrogen and oxygen atoms in total. The summed E-state index contributed by atoms with van der Waals surface area (Å²) >= 11 is 0. The largest absolute Gasteiger partial charge is 0.336 e. The second kappa shape index (κ2) is 23.0. The summed E-state index contributed by atoms with van der Waals surface area (Å²) in [6.45, 7) is 13.6. The van der Waals surface area contributed by atoms with Gasteiger partial charge < -0.3 is 9.47 Å². The standard InChI is InChI=1S/C36H41FN4O4S.C5H12.C4H10/c1-3-12-34-39-31(4-2)35(32(42)21-20-28-15-10-11-22-40(28)36(43)25-13-6-5-7-14-25)41(34)24-27-19-18-26(23-30(27)37)29-16-8-9-17-33(29)46(38,44)45;1-3-5-4-2;1-3-4-2/h5-9,13-14,16-19,23,28H,3-4,10-12,15,20-22,24H2,1-2H3,(H2,38,44,45);3-5H2,1-2H3;3-4H2,1-2H3. The van der Waals surface area contributed by atoms with Crippen molar-refractivity contribution in [1.82, 2.24) is 14.5 Å². The number of unbranched alkanes of at least 4 members (excludes halogenated alkanes) is 3. The van der Waals surface area contributed by atoms with Crippen LogP contribution in [0.3, 0.4) is 0 Å². The molecule has 1 unspecified atom stereocenters. The van der Waals surface area contributed by atoms with Gasteiger partial charge in [-0.15, -0.1) is 0 Å². The van der Waals surface area contributed by atoms with Crippen LogP contribution in [0.2, 0.25) is 0 Å². The summed E-state index contributed by atoms with van der Waals surface area (Å²) in [6, 6.07) is 20.0. The number of primary sulfonamides is 1. The number of imidazole rings is 1. The zero-order chi connectivity index (χ0) is 40.4. The van der Waals surface area contributed by atoms with E-state index in [1.165, 1.54) is 44.2 Å². The average molecular weight is 775 g/mol. The molecule has 3 aromatic carbocycles. The lowest BCUT2D eigenvalue weighted by Crippen LogP contribution is -2.44. The van der Waals surface area contributed by atoms with Gasteiger partial charge in [0.05, 0.1) is 17.1 Å². The molecule has 0 bridgehead atoms. The molecule has 0 spiro atoms. The lowest BCUT2D eigenvalue weighted by atomic mass is 9.95. The van der Waals surface area contributed by atoms with Gasteiger partial charge in [-0.3, -0.25) is 9.59 Å². The highest BCUT2D eigenvalue weighted by Crippen LogP contribution is 2.30. The summed E-state index contributed by atoms with van der Waals surface area (Å²) in [5.74, 6) is 0.132. The third-order valence-electron chi connectivity index (χ3n) is 9.90. The topological polar surface area (TPSA) is 115 Å². The van der Waals surface area contributed by atoms with Crippen LogP contribution in [-0.4, -0.2) is 47.1 Å². The Labute approximate surface area is 329 Å². The van der Waals surface area contributed by atoms with E-state index in [9.17, 15) is 18.0 Å². The quantitative estimate of drug-likeness (QED) is 0.121. The predicted molar refractivity (Wildman–Crippen MR) is 222 cm³/mol. The van der Waals surface area contributed by atoms with E-state index in [1.807, 2.05) is 53.6 Å². The molecule has 2 heterocycles. The van der Waals surface area contributed by atoms with Gasteiger partial charge in [0.2, 0.25) is 10.0 Å². The first-order valence-corrected chi connectivity index (χ1v) is 21.9. The number of carbonyl (C=O) groups is 2. The molecular weight excluding hydrogens is 712 g/mol. The molecule has 1 aliphatic heterocycles. The van der Waals surface area contributed by atoms with Crippen molar-refractivity contribution in [1.29, 1.82) is 0 Å². The van der Waals surface area contributed by atoms with Gasteiger partial charge in [0.15, 0.2) is 5.78 Å². The zero-order valence-electron chi connectivity index (χ0n) is 34.0. The molecule has 0 aliphatic carbocycles. The van der Waals surface area contributed by atoms with Crippen molar-refractivity contribution in [3.8, 4) is 11.1 Å². The van der Waals surface area contributed by atoms with Crippen LogP contribution in [0, 0.1) is 5.82 Å². The molecule has 1 amide bonds. The Morgan fingerprint density at radius 2 is 1.53 bits per heavy atom. The van der Waals surface area contributed by atoms with Crippen LogP contribution < -0.4 is 5.14 Å². The molecule has 2 N–H and O–H groups in total. The number of aryl methyl sites for hydroxylation is 2. The Morgan fingerprint density at radius 1 is 0.855 bits per heavy atom. The first-order chi connectivity index (χ1) is 26.4. The number of nitrogens with zero attached hydrogens (tertiary/aromatic N) is 3. The maximum atomic E-state index is 15.7. The predicted octanol–water partition coefficient (Wildman–Crippen LogP) is 10.6. The fraction of sp³-hybridized carbons (Fsp3) is 0.489. The van der Waals surface area contributed by atoms with E-state index in [0.29, 0.717) is 59.4 Å². The van der Waals surface area contributed by atoms with Gasteiger partial charge >= 0.3 is 0 Å². The normalized spacial score (nSPS) is 14.0. The second-order valence-electron chi connectivity index (χ2n) is 14.2. The zero-order valence-corrected chi connectivity index (χ0v) is 34.8. The fourth-order valence-electron chi connectivity index (χ4n) is 6.75. The summed E-state index contributed by atoms with van der Waals surface area (Å²) in [6.07, 6.45) is 12.3. The van der Waals surface area contributed by atoms with Crippen LogP contribution in [0.5, 0.6) is 0 Å². The van der Waals surface area contributed by atoms with Crippen molar-refractivity contribution in [2.24, 2.45) is 5.14 Å². The number of hydrogen-bond acceptors (Lipinski definition) is 5. The van der Waals surface area contributed by atoms with E-state index in [1.54, 1.807) is 30.3 Å². The second-order valence-corrected chi connectivity index (χ2v) is 15.7. The summed E-state index contributed by atoms with van der Waals surface area (Å²) in [4.78, 5) is 34.0. The molecule has 1 aliphatic rings. The minimum atomic E-state index is -4.01. The third-order valence-corrected chi connectivity index (χ3v) is 10.9. The van der Waals surface area contributed by atoms with Crippen LogP contribution in [0.1, 0.15) is 150 Å². The lowest BCUT2D eigenvalue weighted by Gasteiger charge is -2.36. The molecular formula is C45H63FN4O4S. The Kier molecular flexibility index (Phi) is 19.0. The maximum absolute atomic E-state index is 15.7. The Bertz CT molecular complexity index is 1910. The molecule has 10 heteroatoms. The molecule has 1 atom stereocenters. The molecule has 5 rings (SSSR count). The summed E-state index contributed by atoms with van der Waals surface area (Å²) in [5.41, 5.74) is 2.89. The van der Waals surface area contributed by atoms with Gasteiger partial charge in [0.25, 0.3) is 5.91 Å². The number of hydrogen-bond donors (Lipinski definition) is 1. The van der Waals surface area contributed by atoms with E-state index in [-0.39, 0.29) is 35.6 Å². The highest BCUT2D eigenvalue weighted by atomic mass is 32.2. The molecule has 0 radical (unpaired) electrons. The maximum Gasteiger partial charge on any atom is 0.254 e. The number of benzene rings is 3. The summed E-state index contributed by atoms with van der Waals surface area (Å²) < 4.78 is 41.8. The van der Waals surface area contributed by atoms with Crippen LogP contribution in [0.25, 0.3) is 11.1 Å². The van der Waals surface area contributed by atoms with E-state index in [0.717, 1.165) is 31.5 Å². The van der Waals surface area contributed by atoms with Gasteiger partial charge in [0, 0.05) is 42.1 Å². The van der Waals surface area contributed by atoms with E-state index in [4.69, 9.17) is 10.1 Å². The van der Waals surface area contributed by atoms with E-state index >= 15 is 4.39 Å². The summed E-state index contributed by atoms with van der Waals surface area (Å²) in [5, 5.41) is 5.41.